The Balaban J connectivity index is 1.94. The molecule has 1 saturated carbocycles. The summed E-state index contributed by atoms with van der Waals surface area (Å²) < 4.78 is 63.5. The van der Waals surface area contributed by atoms with E-state index in [0.29, 0.717) is 5.56 Å². The van der Waals surface area contributed by atoms with E-state index in [1.165, 1.54) is 31.4 Å². The molecule has 0 saturated heterocycles. The van der Waals surface area contributed by atoms with E-state index in [2.05, 4.69) is 18.8 Å². The van der Waals surface area contributed by atoms with Crippen molar-refractivity contribution in [1.82, 2.24) is 0 Å². The van der Waals surface area contributed by atoms with Gasteiger partial charge < -0.3 is 0 Å². The van der Waals surface area contributed by atoms with Crippen molar-refractivity contribution in [3.8, 4) is 11.8 Å². The lowest BCUT2D eigenvalue weighted by Crippen LogP contribution is -2.33. The van der Waals surface area contributed by atoms with Crippen molar-refractivity contribution in [2.75, 3.05) is 0 Å². The van der Waals surface area contributed by atoms with Crippen LogP contribution in [-0.4, -0.2) is 6.18 Å². The highest BCUT2D eigenvalue weighted by Crippen LogP contribution is 2.43. The number of hydrogen-bond acceptors (Lipinski definition) is 0. The zero-order chi connectivity index (χ0) is 18.5. The highest BCUT2D eigenvalue weighted by Gasteiger charge is 2.58. The normalized spacial score (nSPS) is 21.5. The second-order valence-corrected chi connectivity index (χ2v) is 6.78. The summed E-state index contributed by atoms with van der Waals surface area (Å²) >= 11 is 0. The third-order valence-electron chi connectivity index (χ3n) is 4.84. The van der Waals surface area contributed by atoms with Crippen LogP contribution in [0.5, 0.6) is 0 Å². The molecule has 1 aliphatic carbocycles. The van der Waals surface area contributed by atoms with Gasteiger partial charge in [0, 0.05) is 17.0 Å². The summed E-state index contributed by atoms with van der Waals surface area (Å²) in [6, 6.07) is 4.07. The van der Waals surface area contributed by atoms with Crippen LogP contribution in [0.2, 0.25) is 0 Å². The summed E-state index contributed by atoms with van der Waals surface area (Å²) in [7, 11) is 0. The minimum absolute atomic E-state index is 0.286. The van der Waals surface area contributed by atoms with Crippen molar-refractivity contribution < 1.29 is 22.0 Å². The van der Waals surface area contributed by atoms with Gasteiger partial charge in [-0.3, -0.25) is 0 Å². The molecule has 1 fully saturated rings. The molecule has 5 heteroatoms. The molecular weight excluding hydrogens is 335 g/mol. The van der Waals surface area contributed by atoms with Crippen molar-refractivity contribution in [3.05, 3.63) is 35.4 Å². The number of alkyl halides is 5. The first-order valence-electron chi connectivity index (χ1n) is 8.80. The Bertz CT molecular complexity index is 596. The van der Waals surface area contributed by atoms with E-state index >= 15 is 0 Å². The minimum atomic E-state index is -5.59. The fourth-order valence-electron chi connectivity index (χ4n) is 3.20. The highest BCUT2D eigenvalue weighted by molar-refractivity contribution is 5.38. The van der Waals surface area contributed by atoms with Crippen LogP contribution in [-0.2, 0) is 5.92 Å². The molecule has 138 valence electrons. The Hall–Kier alpha value is -1.57. The molecule has 1 aromatic carbocycles. The van der Waals surface area contributed by atoms with E-state index in [9.17, 15) is 22.0 Å². The lowest BCUT2D eigenvalue weighted by Gasteiger charge is -2.25. The third kappa shape index (κ3) is 5.20. The van der Waals surface area contributed by atoms with Crippen molar-refractivity contribution in [1.29, 1.82) is 0 Å². The predicted octanol–water partition coefficient (Wildman–Crippen LogP) is 6.69. The minimum Gasteiger partial charge on any atom is -0.191 e. The van der Waals surface area contributed by atoms with Crippen LogP contribution in [0.3, 0.4) is 0 Å². The van der Waals surface area contributed by atoms with Crippen molar-refractivity contribution in [2.24, 2.45) is 11.8 Å². The van der Waals surface area contributed by atoms with Gasteiger partial charge in [-0.25, -0.2) is 0 Å². The van der Waals surface area contributed by atoms with E-state index in [1.807, 2.05) is 0 Å². The maximum Gasteiger partial charge on any atom is 0.458 e. The van der Waals surface area contributed by atoms with Gasteiger partial charge in [0.15, 0.2) is 0 Å². The Morgan fingerprint density at radius 1 is 0.960 bits per heavy atom. The fraction of sp³-hybridized carbons (Fsp3) is 0.600. The second-order valence-electron chi connectivity index (χ2n) is 6.78. The maximum atomic E-state index is 13.2. The SMILES string of the molecule is CCCC[C@H]1CC[C@H](C#Cc2ccc(C(F)(F)C(F)(F)F)cc2)CC1. The fourth-order valence-corrected chi connectivity index (χ4v) is 3.20. The van der Waals surface area contributed by atoms with Gasteiger partial charge >= 0.3 is 12.1 Å². The zero-order valence-corrected chi connectivity index (χ0v) is 14.3. The summed E-state index contributed by atoms with van der Waals surface area (Å²) in [5.74, 6) is 2.29. The first-order chi connectivity index (χ1) is 11.7. The molecule has 0 amide bonds. The lowest BCUT2D eigenvalue weighted by molar-refractivity contribution is -0.289. The van der Waals surface area contributed by atoms with E-state index < -0.39 is 17.7 Å². The molecule has 25 heavy (non-hydrogen) atoms. The Morgan fingerprint density at radius 2 is 1.56 bits per heavy atom. The highest BCUT2D eigenvalue weighted by atomic mass is 19.4. The Labute approximate surface area is 145 Å². The van der Waals surface area contributed by atoms with Gasteiger partial charge in [-0.2, -0.15) is 22.0 Å². The number of benzene rings is 1. The molecule has 0 heterocycles. The topological polar surface area (TPSA) is 0 Å². The second kappa shape index (κ2) is 8.21. The number of hydrogen-bond donors (Lipinski definition) is 0. The predicted molar refractivity (Wildman–Crippen MR) is 88.2 cm³/mol. The largest absolute Gasteiger partial charge is 0.458 e. The molecule has 1 aromatic rings. The van der Waals surface area contributed by atoms with Crippen LogP contribution in [0.1, 0.15) is 63.0 Å². The molecule has 0 aromatic heterocycles. The summed E-state index contributed by atoms with van der Waals surface area (Å²) in [6.45, 7) is 2.19. The van der Waals surface area contributed by atoms with Crippen molar-refractivity contribution >= 4 is 0 Å². The van der Waals surface area contributed by atoms with Gasteiger partial charge in [-0.1, -0.05) is 50.2 Å². The van der Waals surface area contributed by atoms with Crippen LogP contribution < -0.4 is 0 Å². The molecule has 0 N–H and O–H groups in total. The standard InChI is InChI=1S/C20H23F5/c1-2-3-4-15-5-7-16(8-6-15)9-10-17-11-13-18(14-12-17)19(21,22)20(23,24)25/h11-16H,2-8H2,1H3/t15-,16-. The molecular formula is C20H23F5. The molecule has 0 spiro atoms. The van der Waals surface area contributed by atoms with Gasteiger partial charge in [-0.15, -0.1) is 0 Å². The van der Waals surface area contributed by atoms with Crippen LogP contribution >= 0.6 is 0 Å². The number of halogens is 5. The summed E-state index contributed by atoms with van der Waals surface area (Å²) in [4.78, 5) is 0. The van der Waals surface area contributed by atoms with Crippen LogP contribution in [0.25, 0.3) is 0 Å². The first-order valence-corrected chi connectivity index (χ1v) is 8.80. The van der Waals surface area contributed by atoms with Crippen molar-refractivity contribution in [2.45, 2.75) is 64.0 Å². The van der Waals surface area contributed by atoms with Crippen LogP contribution in [0.15, 0.2) is 24.3 Å². The summed E-state index contributed by atoms with van der Waals surface area (Å²) in [5, 5.41) is 0. The molecule has 2 rings (SSSR count). The quantitative estimate of drug-likeness (QED) is 0.415. The molecule has 0 radical (unpaired) electrons. The van der Waals surface area contributed by atoms with Gasteiger partial charge in [0.2, 0.25) is 0 Å². The van der Waals surface area contributed by atoms with Crippen molar-refractivity contribution in [3.63, 3.8) is 0 Å². The molecule has 0 atom stereocenters. The van der Waals surface area contributed by atoms with Gasteiger partial charge in [0.05, 0.1) is 0 Å². The Kier molecular flexibility index (Phi) is 6.48. The average molecular weight is 358 g/mol. The van der Waals surface area contributed by atoms with Gasteiger partial charge in [-0.05, 0) is 43.7 Å². The molecule has 0 unspecified atom stereocenters. The third-order valence-corrected chi connectivity index (χ3v) is 4.84. The maximum absolute atomic E-state index is 13.2. The average Bonchev–Trinajstić information content (AvgIpc) is 2.58. The van der Waals surface area contributed by atoms with Gasteiger partial charge in [0.25, 0.3) is 0 Å². The Morgan fingerprint density at radius 3 is 2.08 bits per heavy atom. The van der Waals surface area contributed by atoms with E-state index in [4.69, 9.17) is 0 Å². The molecule has 0 bridgehead atoms. The smallest absolute Gasteiger partial charge is 0.191 e. The first kappa shape index (κ1) is 19.8. The van der Waals surface area contributed by atoms with Gasteiger partial charge in [0.1, 0.15) is 0 Å². The van der Waals surface area contributed by atoms with Crippen LogP contribution in [0.4, 0.5) is 22.0 Å². The summed E-state index contributed by atoms with van der Waals surface area (Å²) in [5.41, 5.74) is -0.586. The lowest BCUT2D eigenvalue weighted by atomic mass is 9.80. The van der Waals surface area contributed by atoms with E-state index in [1.54, 1.807) is 0 Å². The number of rotatable bonds is 4. The summed E-state index contributed by atoms with van der Waals surface area (Å²) in [6.07, 6.45) is 2.55. The van der Waals surface area contributed by atoms with Crippen LogP contribution in [0, 0.1) is 23.7 Å². The molecule has 1 aliphatic rings. The molecule has 0 nitrogen and oxygen atoms in total. The van der Waals surface area contributed by atoms with E-state index in [0.717, 1.165) is 43.7 Å². The molecule has 0 aliphatic heterocycles. The zero-order valence-electron chi connectivity index (χ0n) is 14.3. The number of unbranched alkanes of at least 4 members (excludes halogenated alkanes) is 1. The monoisotopic (exact) mass is 358 g/mol. The van der Waals surface area contributed by atoms with E-state index in [-0.39, 0.29) is 5.92 Å².